The van der Waals surface area contributed by atoms with Crippen LogP contribution < -0.4 is 9.47 Å². The summed E-state index contributed by atoms with van der Waals surface area (Å²) in [6.07, 6.45) is 10.1. The summed E-state index contributed by atoms with van der Waals surface area (Å²) >= 11 is 0. The number of carbonyl (C=O) groups excluding carboxylic acids is 4. The highest BCUT2D eigenvalue weighted by Crippen LogP contribution is 2.17. The Balaban J connectivity index is 1.33. The Hall–Kier alpha value is -4.86. The second kappa shape index (κ2) is 23.6. The van der Waals surface area contributed by atoms with Gasteiger partial charge in [-0.3, -0.25) is 0 Å². The zero-order valence-electron chi connectivity index (χ0n) is 31.1. The molecule has 52 heavy (non-hydrogen) atoms. The minimum Gasteiger partial charge on any atom is -0.494 e. The highest BCUT2D eigenvalue weighted by molar-refractivity contribution is 5.93. The van der Waals surface area contributed by atoms with Crippen molar-refractivity contribution in [1.82, 2.24) is 0 Å². The molecule has 2 atom stereocenters. The molecule has 3 rings (SSSR count). The van der Waals surface area contributed by atoms with E-state index in [1.807, 2.05) is 0 Å². The smallest absolute Gasteiger partial charge is 0.338 e. The van der Waals surface area contributed by atoms with Crippen molar-refractivity contribution in [3.05, 3.63) is 95.1 Å². The predicted octanol–water partition coefficient (Wildman–Crippen LogP) is 9.19. The van der Waals surface area contributed by atoms with E-state index in [4.69, 9.17) is 28.4 Å². The van der Waals surface area contributed by atoms with E-state index in [0.29, 0.717) is 35.8 Å². The molecule has 10 nitrogen and oxygen atoms in total. The highest BCUT2D eigenvalue weighted by atomic mass is 16.6. The summed E-state index contributed by atoms with van der Waals surface area (Å²) in [5, 5.41) is 0. The zero-order chi connectivity index (χ0) is 37.6. The molecule has 0 aliphatic heterocycles. The van der Waals surface area contributed by atoms with E-state index in [0.717, 1.165) is 25.7 Å². The lowest BCUT2D eigenvalue weighted by atomic mass is 10.1. The van der Waals surface area contributed by atoms with Crippen molar-refractivity contribution in [1.29, 1.82) is 0 Å². The molecule has 0 spiro atoms. The van der Waals surface area contributed by atoms with Gasteiger partial charge in [-0.1, -0.05) is 65.2 Å². The molecule has 0 heterocycles. The molecule has 0 N–H and O–H groups in total. The SMILES string of the molecule is CCCCCCCOc1ccc(C(=O)OC(C)COC(=O)c2ccc(C(=O)OCC(C)OC(=O)c3ccc(OCCCCCCC)cc3)cc2)cc1. The van der Waals surface area contributed by atoms with E-state index in [1.165, 1.54) is 62.8 Å². The summed E-state index contributed by atoms with van der Waals surface area (Å²) < 4.78 is 32.9. The Morgan fingerprint density at radius 1 is 0.442 bits per heavy atom. The fraction of sp³-hybridized carbons (Fsp3) is 0.476. The minimum atomic E-state index is -0.691. The molecule has 0 amide bonds. The molecular formula is C42H54O10. The van der Waals surface area contributed by atoms with Gasteiger partial charge in [0, 0.05) is 0 Å². The normalized spacial score (nSPS) is 11.9. The van der Waals surface area contributed by atoms with Crippen molar-refractivity contribution in [3.8, 4) is 11.5 Å². The summed E-state index contributed by atoms with van der Waals surface area (Å²) in [6.45, 7) is 8.58. The van der Waals surface area contributed by atoms with Crippen molar-refractivity contribution in [2.75, 3.05) is 26.4 Å². The quantitative estimate of drug-likeness (QED) is 0.0503. The van der Waals surface area contributed by atoms with Crippen molar-refractivity contribution in [3.63, 3.8) is 0 Å². The Bertz CT molecular complexity index is 1380. The molecule has 2 unspecified atom stereocenters. The fourth-order valence-electron chi connectivity index (χ4n) is 5.03. The van der Waals surface area contributed by atoms with Crippen LogP contribution in [0.2, 0.25) is 0 Å². The van der Waals surface area contributed by atoms with Gasteiger partial charge < -0.3 is 28.4 Å². The van der Waals surface area contributed by atoms with E-state index in [-0.39, 0.29) is 24.3 Å². The minimum absolute atomic E-state index is 0.151. The third-order valence-electron chi connectivity index (χ3n) is 8.08. The van der Waals surface area contributed by atoms with Crippen LogP contribution >= 0.6 is 0 Å². The first-order valence-corrected chi connectivity index (χ1v) is 18.5. The van der Waals surface area contributed by atoms with Crippen LogP contribution in [0.4, 0.5) is 0 Å². The van der Waals surface area contributed by atoms with Crippen LogP contribution in [0.25, 0.3) is 0 Å². The molecule has 0 aromatic heterocycles. The third kappa shape index (κ3) is 15.6. The summed E-state index contributed by atoms with van der Waals surface area (Å²) in [7, 11) is 0. The standard InChI is InChI=1S/C42H54O10/c1-5-7-9-11-13-27-47-37-23-19-35(20-24-37)41(45)51-31(3)29-49-39(43)33-15-17-34(18-16-33)40(44)50-30-32(4)52-42(46)36-21-25-38(26-22-36)48-28-14-12-10-8-6-2/h15-26,31-32H,5-14,27-30H2,1-4H3. The first-order chi connectivity index (χ1) is 25.2. The average molecular weight is 719 g/mol. The summed E-state index contributed by atoms with van der Waals surface area (Å²) in [4.78, 5) is 50.3. The van der Waals surface area contributed by atoms with Crippen LogP contribution in [0.5, 0.6) is 11.5 Å². The van der Waals surface area contributed by atoms with Crippen molar-refractivity contribution < 1.29 is 47.6 Å². The Morgan fingerprint density at radius 3 is 1.10 bits per heavy atom. The lowest BCUT2D eigenvalue weighted by molar-refractivity contribution is 0.00421. The highest BCUT2D eigenvalue weighted by Gasteiger charge is 2.18. The van der Waals surface area contributed by atoms with Gasteiger partial charge in [-0.2, -0.15) is 0 Å². The number of ether oxygens (including phenoxy) is 6. The van der Waals surface area contributed by atoms with E-state index in [9.17, 15) is 19.2 Å². The van der Waals surface area contributed by atoms with E-state index in [1.54, 1.807) is 62.4 Å². The van der Waals surface area contributed by atoms with Crippen LogP contribution in [0, 0.1) is 0 Å². The largest absolute Gasteiger partial charge is 0.494 e. The molecule has 0 aliphatic carbocycles. The molecular weight excluding hydrogens is 664 g/mol. The fourth-order valence-corrected chi connectivity index (χ4v) is 5.03. The second-order valence-electron chi connectivity index (χ2n) is 12.8. The Morgan fingerprint density at radius 2 is 0.750 bits per heavy atom. The zero-order valence-corrected chi connectivity index (χ0v) is 31.1. The molecule has 0 saturated carbocycles. The number of benzene rings is 3. The molecule has 3 aromatic rings. The monoisotopic (exact) mass is 718 g/mol. The molecule has 0 aliphatic rings. The van der Waals surface area contributed by atoms with Crippen molar-refractivity contribution in [2.45, 2.75) is 104 Å². The lowest BCUT2D eigenvalue weighted by Crippen LogP contribution is -2.23. The van der Waals surface area contributed by atoms with Gasteiger partial charge in [0.2, 0.25) is 0 Å². The third-order valence-corrected chi connectivity index (χ3v) is 8.08. The predicted molar refractivity (Wildman–Crippen MR) is 198 cm³/mol. The molecule has 282 valence electrons. The van der Waals surface area contributed by atoms with Crippen LogP contribution in [0.3, 0.4) is 0 Å². The molecule has 0 bridgehead atoms. The Labute approximate surface area is 308 Å². The van der Waals surface area contributed by atoms with Gasteiger partial charge in [0.05, 0.1) is 35.5 Å². The van der Waals surface area contributed by atoms with Crippen LogP contribution in [-0.4, -0.2) is 62.5 Å². The average Bonchev–Trinajstić information content (AvgIpc) is 3.16. The molecule has 0 fully saturated rings. The maximum absolute atomic E-state index is 12.6. The number of carbonyl (C=O) groups is 4. The van der Waals surface area contributed by atoms with Gasteiger partial charge in [-0.25, -0.2) is 19.2 Å². The first-order valence-electron chi connectivity index (χ1n) is 18.5. The Kier molecular flexibility index (Phi) is 18.8. The number of hydrogen-bond acceptors (Lipinski definition) is 10. The number of unbranched alkanes of at least 4 members (excludes halogenated alkanes) is 8. The van der Waals surface area contributed by atoms with Gasteiger partial charge in [0.15, 0.2) is 0 Å². The van der Waals surface area contributed by atoms with Gasteiger partial charge in [0.1, 0.15) is 36.9 Å². The first kappa shape index (κ1) is 41.6. The number of esters is 4. The van der Waals surface area contributed by atoms with Crippen LogP contribution in [-0.2, 0) is 18.9 Å². The van der Waals surface area contributed by atoms with Gasteiger partial charge in [-0.05, 0) is 99.5 Å². The number of hydrogen-bond donors (Lipinski definition) is 0. The maximum Gasteiger partial charge on any atom is 0.338 e. The molecule has 3 aromatic carbocycles. The van der Waals surface area contributed by atoms with Gasteiger partial charge >= 0.3 is 23.9 Å². The lowest BCUT2D eigenvalue weighted by Gasteiger charge is -2.15. The van der Waals surface area contributed by atoms with Crippen LogP contribution in [0.15, 0.2) is 72.8 Å². The topological polar surface area (TPSA) is 124 Å². The molecule has 10 heteroatoms. The van der Waals surface area contributed by atoms with Crippen molar-refractivity contribution >= 4 is 23.9 Å². The van der Waals surface area contributed by atoms with Crippen LogP contribution in [0.1, 0.15) is 133 Å². The number of rotatable bonds is 24. The summed E-state index contributed by atoms with van der Waals surface area (Å²) in [5.41, 5.74) is 1.15. The maximum atomic E-state index is 12.6. The molecule has 0 radical (unpaired) electrons. The van der Waals surface area contributed by atoms with E-state index >= 15 is 0 Å². The van der Waals surface area contributed by atoms with Gasteiger partial charge in [-0.15, -0.1) is 0 Å². The second-order valence-corrected chi connectivity index (χ2v) is 12.8. The van der Waals surface area contributed by atoms with Crippen molar-refractivity contribution in [2.24, 2.45) is 0 Å². The molecule has 0 saturated heterocycles. The van der Waals surface area contributed by atoms with E-state index < -0.39 is 36.1 Å². The van der Waals surface area contributed by atoms with Gasteiger partial charge in [0.25, 0.3) is 0 Å². The van der Waals surface area contributed by atoms with E-state index in [2.05, 4.69) is 13.8 Å². The summed E-state index contributed by atoms with van der Waals surface area (Å²) in [6, 6.07) is 19.2. The summed E-state index contributed by atoms with van der Waals surface area (Å²) in [5.74, 6) is -0.969.